The number of non-ortho nitro benzene ring substituents is 1. The van der Waals surface area contributed by atoms with Crippen LogP contribution in [-0.4, -0.2) is 35.5 Å². The van der Waals surface area contributed by atoms with Crippen molar-refractivity contribution in [1.29, 1.82) is 0 Å². The molecule has 1 atom stereocenters. The van der Waals surface area contributed by atoms with E-state index in [0.29, 0.717) is 12.6 Å². The van der Waals surface area contributed by atoms with Gasteiger partial charge in [-0.2, -0.15) is 0 Å². The molecule has 1 unspecified atom stereocenters. The van der Waals surface area contributed by atoms with Crippen LogP contribution in [0.25, 0.3) is 11.0 Å². The Morgan fingerprint density at radius 2 is 2.40 bits per heavy atom. The third-order valence-electron chi connectivity index (χ3n) is 3.67. The number of nitrogens with one attached hydrogen (secondary N) is 1. The predicted octanol–water partition coefficient (Wildman–Crippen LogP) is 2.13. The van der Waals surface area contributed by atoms with Gasteiger partial charge in [0.1, 0.15) is 5.58 Å². The molecule has 1 aromatic heterocycles. The van der Waals surface area contributed by atoms with Gasteiger partial charge in [0.15, 0.2) is 0 Å². The molecular weight excluding hydrogens is 258 g/mol. The van der Waals surface area contributed by atoms with Crippen LogP contribution in [0.5, 0.6) is 0 Å². The minimum Gasteiger partial charge on any atom is -0.464 e. The lowest BCUT2D eigenvalue weighted by Gasteiger charge is -2.31. The molecule has 3 rings (SSSR count). The first kappa shape index (κ1) is 13.1. The molecule has 1 fully saturated rings. The number of fused-ring (bicyclic) bond motifs is 1. The van der Waals surface area contributed by atoms with Crippen LogP contribution in [0.1, 0.15) is 12.5 Å². The van der Waals surface area contributed by atoms with E-state index in [-0.39, 0.29) is 10.6 Å². The molecule has 0 saturated carbocycles. The quantitative estimate of drug-likeness (QED) is 0.686. The highest BCUT2D eigenvalue weighted by molar-refractivity contribution is 5.83. The molecule has 1 aliphatic heterocycles. The van der Waals surface area contributed by atoms with Gasteiger partial charge in [-0.05, 0) is 13.0 Å². The maximum atomic E-state index is 11.0. The monoisotopic (exact) mass is 275 g/mol. The van der Waals surface area contributed by atoms with E-state index in [1.54, 1.807) is 24.5 Å². The first-order valence-electron chi connectivity index (χ1n) is 6.74. The number of hydrogen-bond acceptors (Lipinski definition) is 5. The Hall–Kier alpha value is -1.92. The fraction of sp³-hybridized carbons (Fsp3) is 0.429. The Morgan fingerprint density at radius 1 is 1.55 bits per heavy atom. The predicted molar refractivity (Wildman–Crippen MR) is 75.6 cm³/mol. The summed E-state index contributed by atoms with van der Waals surface area (Å²) in [6.07, 6.45) is 1.58. The van der Waals surface area contributed by atoms with E-state index in [0.717, 1.165) is 36.2 Å². The van der Waals surface area contributed by atoms with Crippen LogP contribution < -0.4 is 5.32 Å². The molecule has 106 valence electrons. The van der Waals surface area contributed by atoms with Crippen LogP contribution in [0.15, 0.2) is 28.9 Å². The molecule has 0 bridgehead atoms. The van der Waals surface area contributed by atoms with Gasteiger partial charge in [0, 0.05) is 55.3 Å². The summed E-state index contributed by atoms with van der Waals surface area (Å²) in [5, 5.41) is 15.2. The van der Waals surface area contributed by atoms with Crippen molar-refractivity contribution in [3.63, 3.8) is 0 Å². The summed E-state index contributed by atoms with van der Waals surface area (Å²) >= 11 is 0. The molecule has 0 aliphatic carbocycles. The van der Waals surface area contributed by atoms with Crippen molar-refractivity contribution < 1.29 is 9.34 Å². The molecular formula is C14H17N3O3. The number of hydrogen-bond donors (Lipinski definition) is 1. The third kappa shape index (κ3) is 2.52. The number of furan rings is 1. The minimum absolute atomic E-state index is 0.122. The van der Waals surface area contributed by atoms with Crippen LogP contribution >= 0.6 is 0 Å². The molecule has 1 N–H and O–H groups in total. The summed E-state index contributed by atoms with van der Waals surface area (Å²) in [7, 11) is 0. The van der Waals surface area contributed by atoms with E-state index >= 15 is 0 Å². The molecule has 6 heteroatoms. The SMILES string of the molecule is CC1CN(Cc2cc([N+](=O)[O-])cc3ccoc23)CCN1. The molecule has 0 spiro atoms. The minimum atomic E-state index is -0.351. The lowest BCUT2D eigenvalue weighted by molar-refractivity contribution is -0.384. The fourth-order valence-electron chi connectivity index (χ4n) is 2.76. The lowest BCUT2D eigenvalue weighted by Crippen LogP contribution is -2.48. The summed E-state index contributed by atoms with van der Waals surface area (Å²) in [4.78, 5) is 13.0. The van der Waals surface area contributed by atoms with Crippen LogP contribution in [0.4, 0.5) is 5.69 Å². The molecule has 1 aromatic carbocycles. The van der Waals surface area contributed by atoms with Gasteiger partial charge < -0.3 is 9.73 Å². The van der Waals surface area contributed by atoms with Gasteiger partial charge in [-0.15, -0.1) is 0 Å². The standard InChI is InChI=1S/C14H17N3O3/c1-10-8-16(4-3-15-10)9-12-7-13(17(18)19)6-11-2-5-20-14(11)12/h2,5-7,10,15H,3-4,8-9H2,1H3. The Kier molecular flexibility index (Phi) is 3.42. The zero-order valence-corrected chi connectivity index (χ0v) is 11.3. The highest BCUT2D eigenvalue weighted by atomic mass is 16.6. The van der Waals surface area contributed by atoms with Crippen LogP contribution in [-0.2, 0) is 6.54 Å². The molecule has 2 heterocycles. The first-order valence-corrected chi connectivity index (χ1v) is 6.74. The highest BCUT2D eigenvalue weighted by Gasteiger charge is 2.19. The van der Waals surface area contributed by atoms with Gasteiger partial charge in [-0.3, -0.25) is 15.0 Å². The lowest BCUT2D eigenvalue weighted by atomic mass is 10.1. The fourth-order valence-corrected chi connectivity index (χ4v) is 2.76. The van der Waals surface area contributed by atoms with Gasteiger partial charge >= 0.3 is 0 Å². The molecule has 1 aliphatic rings. The summed E-state index contributed by atoms with van der Waals surface area (Å²) in [6, 6.07) is 5.39. The zero-order valence-electron chi connectivity index (χ0n) is 11.3. The Bertz CT molecular complexity index is 638. The van der Waals surface area contributed by atoms with Crippen LogP contribution in [0, 0.1) is 10.1 Å². The number of nitro benzene ring substituents is 1. The summed E-state index contributed by atoms with van der Waals surface area (Å²) < 4.78 is 5.49. The van der Waals surface area contributed by atoms with Crippen molar-refractivity contribution in [3.8, 4) is 0 Å². The van der Waals surface area contributed by atoms with E-state index in [1.165, 1.54) is 0 Å². The normalized spacial score (nSPS) is 20.4. The summed E-state index contributed by atoms with van der Waals surface area (Å²) in [6.45, 7) is 5.64. The smallest absolute Gasteiger partial charge is 0.270 e. The topological polar surface area (TPSA) is 71.5 Å². The highest BCUT2D eigenvalue weighted by Crippen LogP contribution is 2.27. The second kappa shape index (κ2) is 5.22. The molecule has 1 saturated heterocycles. The number of benzene rings is 1. The van der Waals surface area contributed by atoms with E-state index in [4.69, 9.17) is 4.42 Å². The maximum absolute atomic E-state index is 11.0. The Balaban J connectivity index is 1.93. The number of rotatable bonds is 3. The zero-order chi connectivity index (χ0) is 14.1. The van der Waals surface area contributed by atoms with E-state index < -0.39 is 0 Å². The average molecular weight is 275 g/mol. The molecule has 0 amide bonds. The van der Waals surface area contributed by atoms with Gasteiger partial charge in [0.2, 0.25) is 0 Å². The van der Waals surface area contributed by atoms with E-state index in [2.05, 4.69) is 17.1 Å². The third-order valence-corrected chi connectivity index (χ3v) is 3.67. The van der Waals surface area contributed by atoms with Crippen molar-refractivity contribution in [2.24, 2.45) is 0 Å². The molecule has 20 heavy (non-hydrogen) atoms. The van der Waals surface area contributed by atoms with Gasteiger partial charge in [-0.1, -0.05) is 0 Å². The number of nitrogens with zero attached hydrogens (tertiary/aromatic N) is 2. The van der Waals surface area contributed by atoms with Crippen LogP contribution in [0.3, 0.4) is 0 Å². The van der Waals surface area contributed by atoms with E-state index in [1.807, 2.05) is 0 Å². The summed E-state index contributed by atoms with van der Waals surface area (Å²) in [5.41, 5.74) is 1.76. The number of nitro groups is 1. The Morgan fingerprint density at radius 3 is 3.15 bits per heavy atom. The van der Waals surface area contributed by atoms with Crippen molar-refractivity contribution in [3.05, 3.63) is 40.1 Å². The van der Waals surface area contributed by atoms with E-state index in [9.17, 15) is 10.1 Å². The van der Waals surface area contributed by atoms with Gasteiger partial charge in [0.05, 0.1) is 11.2 Å². The largest absolute Gasteiger partial charge is 0.464 e. The van der Waals surface area contributed by atoms with Crippen molar-refractivity contribution in [2.75, 3.05) is 19.6 Å². The second-order valence-corrected chi connectivity index (χ2v) is 5.29. The second-order valence-electron chi connectivity index (χ2n) is 5.29. The first-order chi connectivity index (χ1) is 9.63. The number of piperazine rings is 1. The summed E-state index contributed by atoms with van der Waals surface area (Å²) in [5.74, 6) is 0. The molecule has 2 aromatic rings. The van der Waals surface area contributed by atoms with Gasteiger partial charge in [-0.25, -0.2) is 0 Å². The Labute approximate surface area is 116 Å². The maximum Gasteiger partial charge on any atom is 0.270 e. The van der Waals surface area contributed by atoms with Crippen molar-refractivity contribution >= 4 is 16.7 Å². The molecule has 6 nitrogen and oxygen atoms in total. The van der Waals surface area contributed by atoms with Crippen LogP contribution in [0.2, 0.25) is 0 Å². The van der Waals surface area contributed by atoms with Gasteiger partial charge in [0.25, 0.3) is 5.69 Å². The van der Waals surface area contributed by atoms with Crippen molar-refractivity contribution in [2.45, 2.75) is 19.5 Å². The molecule has 0 radical (unpaired) electrons. The van der Waals surface area contributed by atoms with Crippen molar-refractivity contribution in [1.82, 2.24) is 10.2 Å². The average Bonchev–Trinajstić information content (AvgIpc) is 2.87.